The number of ketones is 1. The first-order valence-corrected chi connectivity index (χ1v) is 4.40. The van der Waals surface area contributed by atoms with E-state index in [-0.39, 0.29) is 0 Å². The first-order valence-electron chi connectivity index (χ1n) is 4.40. The molecule has 16 heavy (non-hydrogen) atoms. The van der Waals surface area contributed by atoms with Crippen LogP contribution in [0.1, 0.15) is 12.8 Å². The molecule has 0 spiro atoms. The van der Waals surface area contributed by atoms with Crippen LogP contribution in [0.2, 0.25) is 0 Å². The number of ether oxygens (including phenoxy) is 1. The van der Waals surface area contributed by atoms with Crippen molar-refractivity contribution in [2.45, 2.75) is 31.3 Å². The van der Waals surface area contributed by atoms with E-state index in [1.807, 2.05) is 0 Å². The van der Waals surface area contributed by atoms with Gasteiger partial charge in [0.2, 0.25) is 6.10 Å². The van der Waals surface area contributed by atoms with Gasteiger partial charge in [0.15, 0.2) is 5.78 Å². The van der Waals surface area contributed by atoms with Gasteiger partial charge in [-0.2, -0.15) is 26.3 Å². The molecule has 0 bridgehead atoms. The third kappa shape index (κ3) is 3.66. The zero-order chi connectivity index (χ0) is 12.6. The molecular weight excluding hydrogens is 242 g/mol. The van der Waals surface area contributed by atoms with Gasteiger partial charge in [0.1, 0.15) is 6.61 Å². The molecule has 0 aliphatic heterocycles. The molecule has 0 amide bonds. The minimum absolute atomic E-state index is 0.429. The summed E-state index contributed by atoms with van der Waals surface area (Å²) >= 11 is 0. The Morgan fingerprint density at radius 2 is 1.56 bits per heavy atom. The predicted octanol–water partition coefficient (Wildman–Crippen LogP) is 2.48. The highest BCUT2D eigenvalue weighted by Gasteiger charge is 2.58. The van der Waals surface area contributed by atoms with Gasteiger partial charge >= 0.3 is 12.4 Å². The molecule has 1 aliphatic carbocycles. The summed E-state index contributed by atoms with van der Waals surface area (Å²) in [6.07, 6.45) is -14.0. The van der Waals surface area contributed by atoms with Crippen molar-refractivity contribution in [3.63, 3.8) is 0 Å². The highest BCUT2D eigenvalue weighted by molar-refractivity contribution is 5.84. The molecule has 1 rings (SSSR count). The molecule has 0 N–H and O–H groups in total. The first-order chi connectivity index (χ1) is 7.12. The average Bonchev–Trinajstić information content (AvgIpc) is 2.79. The lowest BCUT2D eigenvalue weighted by Crippen LogP contribution is -2.45. The summed E-state index contributed by atoms with van der Waals surface area (Å²) < 4.78 is 75.2. The van der Waals surface area contributed by atoms with Crippen molar-refractivity contribution in [2.75, 3.05) is 6.61 Å². The number of hydrogen-bond donors (Lipinski definition) is 0. The average molecular weight is 250 g/mol. The van der Waals surface area contributed by atoms with Gasteiger partial charge in [-0.05, 0) is 12.8 Å². The molecule has 0 unspecified atom stereocenters. The van der Waals surface area contributed by atoms with E-state index in [1.54, 1.807) is 0 Å². The van der Waals surface area contributed by atoms with Crippen LogP contribution in [0, 0.1) is 5.92 Å². The fourth-order valence-electron chi connectivity index (χ4n) is 1.06. The summed E-state index contributed by atoms with van der Waals surface area (Å²) in [6, 6.07) is 0. The van der Waals surface area contributed by atoms with Gasteiger partial charge in [0.05, 0.1) is 0 Å². The van der Waals surface area contributed by atoms with E-state index in [0.29, 0.717) is 12.8 Å². The lowest BCUT2D eigenvalue weighted by atomic mass is 10.3. The highest BCUT2D eigenvalue weighted by Crippen LogP contribution is 2.36. The van der Waals surface area contributed by atoms with Gasteiger partial charge < -0.3 is 4.74 Å². The van der Waals surface area contributed by atoms with Crippen molar-refractivity contribution >= 4 is 5.78 Å². The van der Waals surface area contributed by atoms with Gasteiger partial charge in [-0.1, -0.05) is 0 Å². The summed E-state index contributed by atoms with van der Waals surface area (Å²) in [5, 5.41) is 0. The SMILES string of the molecule is O=C(COC(C(F)(F)F)C(F)(F)F)C1CC1. The number of alkyl halides is 6. The molecule has 0 aromatic carbocycles. The van der Waals surface area contributed by atoms with Crippen LogP contribution in [0.15, 0.2) is 0 Å². The minimum atomic E-state index is -5.55. The van der Waals surface area contributed by atoms with Gasteiger partial charge in [0, 0.05) is 5.92 Å². The maximum atomic E-state index is 11.9. The van der Waals surface area contributed by atoms with E-state index >= 15 is 0 Å². The van der Waals surface area contributed by atoms with Crippen molar-refractivity contribution in [1.29, 1.82) is 0 Å². The lowest BCUT2D eigenvalue weighted by molar-refractivity contribution is -0.319. The Bertz CT molecular complexity index is 251. The second kappa shape index (κ2) is 4.23. The van der Waals surface area contributed by atoms with Gasteiger partial charge in [-0.3, -0.25) is 4.79 Å². The zero-order valence-corrected chi connectivity index (χ0v) is 7.86. The molecule has 0 radical (unpaired) electrons. The molecule has 8 heteroatoms. The number of rotatable bonds is 4. The minimum Gasteiger partial charge on any atom is -0.353 e. The Labute approximate surface area is 86.6 Å². The van der Waals surface area contributed by atoms with Gasteiger partial charge in [0.25, 0.3) is 0 Å². The Hall–Kier alpha value is -0.790. The van der Waals surface area contributed by atoms with Crippen molar-refractivity contribution < 1.29 is 35.9 Å². The Balaban J connectivity index is 2.54. The molecule has 1 aliphatic rings. The van der Waals surface area contributed by atoms with Crippen molar-refractivity contribution in [3.05, 3.63) is 0 Å². The molecule has 0 aromatic rings. The van der Waals surface area contributed by atoms with Crippen LogP contribution in [0.25, 0.3) is 0 Å². The Morgan fingerprint density at radius 3 is 1.88 bits per heavy atom. The van der Waals surface area contributed by atoms with Crippen molar-refractivity contribution in [2.24, 2.45) is 5.92 Å². The van der Waals surface area contributed by atoms with Crippen molar-refractivity contribution in [1.82, 2.24) is 0 Å². The molecule has 1 fully saturated rings. The molecule has 2 nitrogen and oxygen atoms in total. The third-order valence-electron chi connectivity index (χ3n) is 2.02. The van der Waals surface area contributed by atoms with E-state index in [1.165, 1.54) is 0 Å². The van der Waals surface area contributed by atoms with E-state index in [9.17, 15) is 31.1 Å². The number of halogens is 6. The standard InChI is InChI=1S/C8H8F6O2/c9-7(10,11)6(8(12,13)14)16-3-5(15)4-1-2-4/h4,6H,1-3H2. The van der Waals surface area contributed by atoms with Crippen LogP contribution in [0.5, 0.6) is 0 Å². The quantitative estimate of drug-likeness (QED) is 0.716. The summed E-state index contributed by atoms with van der Waals surface area (Å²) in [6.45, 7) is -1.14. The summed E-state index contributed by atoms with van der Waals surface area (Å²) in [5.74, 6) is -1.14. The van der Waals surface area contributed by atoms with E-state index < -0.39 is 36.8 Å². The number of hydrogen-bond acceptors (Lipinski definition) is 2. The fraction of sp³-hybridized carbons (Fsp3) is 0.875. The Kier molecular flexibility index (Phi) is 3.51. The molecule has 94 valence electrons. The normalized spacial score (nSPS) is 17.9. The molecular formula is C8H8F6O2. The van der Waals surface area contributed by atoms with Gasteiger partial charge in [-0.25, -0.2) is 0 Å². The fourth-order valence-corrected chi connectivity index (χ4v) is 1.06. The molecule has 0 heterocycles. The third-order valence-corrected chi connectivity index (χ3v) is 2.02. The van der Waals surface area contributed by atoms with E-state index in [2.05, 4.69) is 4.74 Å². The zero-order valence-electron chi connectivity index (χ0n) is 7.86. The van der Waals surface area contributed by atoms with E-state index in [0.717, 1.165) is 0 Å². The topological polar surface area (TPSA) is 26.3 Å². The van der Waals surface area contributed by atoms with Crippen LogP contribution in [-0.4, -0.2) is 30.8 Å². The van der Waals surface area contributed by atoms with Crippen LogP contribution in [0.3, 0.4) is 0 Å². The first kappa shape index (κ1) is 13.3. The van der Waals surface area contributed by atoms with Crippen molar-refractivity contribution in [3.8, 4) is 0 Å². The summed E-state index contributed by atoms with van der Waals surface area (Å²) in [5.41, 5.74) is 0. The smallest absolute Gasteiger partial charge is 0.353 e. The molecule has 1 saturated carbocycles. The number of carbonyl (C=O) groups excluding carboxylic acids is 1. The summed E-state index contributed by atoms with van der Waals surface area (Å²) in [7, 11) is 0. The van der Waals surface area contributed by atoms with Crippen LogP contribution in [-0.2, 0) is 9.53 Å². The Morgan fingerprint density at radius 1 is 1.12 bits per heavy atom. The molecule has 0 aromatic heterocycles. The largest absolute Gasteiger partial charge is 0.423 e. The lowest BCUT2D eigenvalue weighted by Gasteiger charge is -2.22. The van der Waals surface area contributed by atoms with Gasteiger partial charge in [-0.15, -0.1) is 0 Å². The monoisotopic (exact) mass is 250 g/mol. The maximum absolute atomic E-state index is 11.9. The van der Waals surface area contributed by atoms with Crippen LogP contribution < -0.4 is 0 Å². The number of carbonyl (C=O) groups is 1. The predicted molar refractivity (Wildman–Crippen MR) is 39.6 cm³/mol. The van der Waals surface area contributed by atoms with E-state index in [4.69, 9.17) is 0 Å². The second-order valence-electron chi connectivity index (χ2n) is 3.51. The highest BCUT2D eigenvalue weighted by atomic mass is 19.4. The molecule has 0 saturated heterocycles. The molecule has 0 atom stereocenters. The van der Waals surface area contributed by atoms with Crippen LogP contribution >= 0.6 is 0 Å². The number of Topliss-reactive ketones (excluding diaryl/α,β-unsaturated/α-hetero) is 1. The second-order valence-corrected chi connectivity index (χ2v) is 3.51. The van der Waals surface area contributed by atoms with Crippen LogP contribution in [0.4, 0.5) is 26.3 Å². The summed E-state index contributed by atoms with van der Waals surface area (Å²) in [4.78, 5) is 10.9. The maximum Gasteiger partial charge on any atom is 0.423 e.